The molecule has 1 amide bonds. The van der Waals surface area contributed by atoms with Crippen LogP contribution in [0.4, 0.5) is 18.9 Å². The second-order valence-corrected chi connectivity index (χ2v) is 8.25. The maximum absolute atomic E-state index is 13.5. The molecular formula is C26H27ClF3N3O. The van der Waals surface area contributed by atoms with Crippen molar-refractivity contribution in [3.8, 4) is 0 Å². The van der Waals surface area contributed by atoms with Gasteiger partial charge in [-0.1, -0.05) is 30.3 Å². The Kier molecular flexibility index (Phi) is 8.72. The van der Waals surface area contributed by atoms with Crippen LogP contribution in [-0.2, 0) is 4.79 Å². The van der Waals surface area contributed by atoms with Crippen molar-refractivity contribution in [3.63, 3.8) is 0 Å². The minimum absolute atomic E-state index is 0. The zero-order chi connectivity index (χ0) is 23.4. The number of amides is 1. The molecule has 1 saturated heterocycles. The lowest BCUT2D eigenvalue weighted by Gasteiger charge is -2.41. The molecule has 1 aliphatic heterocycles. The molecule has 1 aliphatic rings. The lowest BCUT2D eigenvalue weighted by Crippen LogP contribution is -2.53. The van der Waals surface area contributed by atoms with E-state index in [0.717, 1.165) is 11.1 Å². The second-order valence-electron chi connectivity index (χ2n) is 8.25. The summed E-state index contributed by atoms with van der Waals surface area (Å²) in [4.78, 5) is 17.0. The Labute approximate surface area is 203 Å². The first-order chi connectivity index (χ1) is 15.9. The third kappa shape index (κ3) is 6.17. The van der Waals surface area contributed by atoms with E-state index in [1.807, 2.05) is 6.92 Å². The summed E-state index contributed by atoms with van der Waals surface area (Å²) in [7, 11) is 0. The third-order valence-electron chi connectivity index (χ3n) is 6.10. The fourth-order valence-corrected chi connectivity index (χ4v) is 4.27. The molecule has 3 aromatic rings. The molecule has 0 aliphatic carbocycles. The predicted molar refractivity (Wildman–Crippen MR) is 130 cm³/mol. The molecule has 0 spiro atoms. The molecule has 4 rings (SSSR count). The highest BCUT2D eigenvalue weighted by molar-refractivity contribution is 5.94. The number of rotatable bonds is 6. The van der Waals surface area contributed by atoms with Gasteiger partial charge < -0.3 is 5.32 Å². The van der Waals surface area contributed by atoms with Crippen LogP contribution in [0.25, 0.3) is 0 Å². The summed E-state index contributed by atoms with van der Waals surface area (Å²) in [6.07, 6.45) is 0. The van der Waals surface area contributed by atoms with E-state index < -0.39 is 5.82 Å². The van der Waals surface area contributed by atoms with Crippen molar-refractivity contribution in [3.05, 3.63) is 101 Å². The maximum atomic E-state index is 13.5. The van der Waals surface area contributed by atoms with Crippen LogP contribution in [-0.4, -0.2) is 47.9 Å². The van der Waals surface area contributed by atoms with E-state index in [9.17, 15) is 18.0 Å². The van der Waals surface area contributed by atoms with Crippen molar-refractivity contribution in [1.29, 1.82) is 0 Å². The predicted octanol–water partition coefficient (Wildman–Crippen LogP) is 5.26. The number of halogens is 4. The summed E-state index contributed by atoms with van der Waals surface area (Å²) >= 11 is 0. The van der Waals surface area contributed by atoms with Gasteiger partial charge in [0.05, 0.1) is 12.1 Å². The topological polar surface area (TPSA) is 35.6 Å². The average Bonchev–Trinajstić information content (AvgIpc) is 2.82. The van der Waals surface area contributed by atoms with Crippen molar-refractivity contribution in [2.24, 2.45) is 0 Å². The summed E-state index contributed by atoms with van der Waals surface area (Å²) in [5, 5.41) is 2.77. The van der Waals surface area contributed by atoms with E-state index in [4.69, 9.17) is 0 Å². The van der Waals surface area contributed by atoms with Crippen LogP contribution in [0.15, 0.2) is 72.8 Å². The molecule has 1 fully saturated rings. The Bertz CT molecular complexity index is 1040. The Balaban J connectivity index is 0.00000324. The highest BCUT2D eigenvalue weighted by atomic mass is 35.5. The van der Waals surface area contributed by atoms with Crippen LogP contribution in [0.3, 0.4) is 0 Å². The molecule has 1 atom stereocenters. The Hall–Kier alpha value is -2.87. The van der Waals surface area contributed by atoms with E-state index in [1.165, 1.54) is 36.4 Å². The number of piperazine rings is 1. The minimum Gasteiger partial charge on any atom is -0.325 e. The number of anilines is 1. The van der Waals surface area contributed by atoms with Crippen molar-refractivity contribution in [2.75, 3.05) is 31.5 Å². The lowest BCUT2D eigenvalue weighted by molar-refractivity contribution is -0.121. The van der Waals surface area contributed by atoms with Crippen LogP contribution in [0.5, 0.6) is 0 Å². The average molecular weight is 490 g/mol. The Morgan fingerprint density at radius 3 is 1.76 bits per heavy atom. The first-order valence-electron chi connectivity index (χ1n) is 11.0. The number of nitrogens with zero attached hydrogens (tertiary/aromatic N) is 2. The zero-order valence-corrected chi connectivity index (χ0v) is 19.6. The monoisotopic (exact) mass is 489 g/mol. The molecule has 3 aromatic carbocycles. The molecular weight excluding hydrogens is 463 g/mol. The number of carbonyl (C=O) groups is 1. The van der Waals surface area contributed by atoms with Gasteiger partial charge in [0.25, 0.3) is 0 Å². The van der Waals surface area contributed by atoms with Crippen molar-refractivity contribution < 1.29 is 18.0 Å². The van der Waals surface area contributed by atoms with Gasteiger partial charge >= 0.3 is 0 Å². The molecule has 0 bridgehead atoms. The van der Waals surface area contributed by atoms with Gasteiger partial charge in [0.1, 0.15) is 17.5 Å². The molecule has 180 valence electrons. The van der Waals surface area contributed by atoms with Crippen LogP contribution in [0, 0.1) is 17.5 Å². The summed E-state index contributed by atoms with van der Waals surface area (Å²) in [5.74, 6) is -1.21. The highest BCUT2D eigenvalue weighted by Crippen LogP contribution is 2.30. The van der Waals surface area contributed by atoms with E-state index in [-0.39, 0.29) is 42.0 Å². The number of nitrogens with one attached hydrogen (secondary N) is 1. The smallest absolute Gasteiger partial charge is 0.241 e. The fraction of sp³-hybridized carbons (Fsp3) is 0.269. The van der Waals surface area contributed by atoms with Crippen LogP contribution >= 0.6 is 12.4 Å². The van der Waals surface area contributed by atoms with Crippen molar-refractivity contribution >= 4 is 24.0 Å². The standard InChI is InChI=1S/C26H26F3N3O.ClH/c1-18(26(33)30-24-4-2-3-23(29)17-24)31-13-15-32(16-14-31)25(19-5-9-21(27)10-6-19)20-7-11-22(28)12-8-20;/h2-12,17-18,25H,13-16H2,1H3,(H,30,33);1H. The van der Waals surface area contributed by atoms with Gasteiger partial charge in [-0.15, -0.1) is 12.4 Å². The molecule has 1 N–H and O–H groups in total. The largest absolute Gasteiger partial charge is 0.325 e. The SMILES string of the molecule is CC(C(=O)Nc1cccc(F)c1)N1CCN(C(c2ccc(F)cc2)c2ccc(F)cc2)CC1.Cl. The van der Waals surface area contributed by atoms with E-state index in [0.29, 0.717) is 31.9 Å². The van der Waals surface area contributed by atoms with E-state index >= 15 is 0 Å². The first-order valence-corrected chi connectivity index (χ1v) is 11.0. The van der Waals surface area contributed by atoms with Crippen LogP contribution < -0.4 is 5.32 Å². The quantitative estimate of drug-likeness (QED) is 0.513. The molecule has 0 radical (unpaired) electrons. The number of carbonyl (C=O) groups excluding carboxylic acids is 1. The molecule has 34 heavy (non-hydrogen) atoms. The van der Waals surface area contributed by atoms with Gasteiger partial charge in [-0.05, 0) is 60.5 Å². The van der Waals surface area contributed by atoms with E-state index in [2.05, 4.69) is 15.1 Å². The van der Waals surface area contributed by atoms with Gasteiger partial charge in [0.2, 0.25) is 5.91 Å². The van der Waals surface area contributed by atoms with Gasteiger partial charge in [0, 0.05) is 31.9 Å². The van der Waals surface area contributed by atoms with Gasteiger partial charge in [-0.2, -0.15) is 0 Å². The molecule has 4 nitrogen and oxygen atoms in total. The van der Waals surface area contributed by atoms with Gasteiger partial charge in [-0.3, -0.25) is 14.6 Å². The number of benzene rings is 3. The molecule has 8 heteroatoms. The summed E-state index contributed by atoms with van der Waals surface area (Å²) in [6, 6.07) is 18.0. The van der Waals surface area contributed by atoms with Crippen LogP contribution in [0.2, 0.25) is 0 Å². The zero-order valence-electron chi connectivity index (χ0n) is 18.8. The summed E-state index contributed by atoms with van der Waals surface area (Å²) < 4.78 is 40.4. The third-order valence-corrected chi connectivity index (χ3v) is 6.10. The molecule has 0 aromatic heterocycles. The molecule has 1 heterocycles. The number of hydrogen-bond acceptors (Lipinski definition) is 3. The second kappa shape index (κ2) is 11.5. The van der Waals surface area contributed by atoms with Crippen molar-refractivity contribution in [1.82, 2.24) is 9.80 Å². The fourth-order valence-electron chi connectivity index (χ4n) is 4.27. The minimum atomic E-state index is -0.401. The van der Waals surface area contributed by atoms with Crippen molar-refractivity contribution in [2.45, 2.75) is 19.0 Å². The summed E-state index contributed by atoms with van der Waals surface area (Å²) in [5.41, 5.74) is 2.28. The summed E-state index contributed by atoms with van der Waals surface area (Å²) in [6.45, 7) is 4.49. The number of hydrogen-bond donors (Lipinski definition) is 1. The normalized spacial score (nSPS) is 15.6. The van der Waals surface area contributed by atoms with Crippen LogP contribution in [0.1, 0.15) is 24.1 Å². The lowest BCUT2D eigenvalue weighted by atomic mass is 9.96. The highest BCUT2D eigenvalue weighted by Gasteiger charge is 2.30. The Morgan fingerprint density at radius 2 is 1.26 bits per heavy atom. The first kappa shape index (κ1) is 25.7. The molecule has 0 saturated carbocycles. The van der Waals surface area contributed by atoms with Gasteiger partial charge in [0.15, 0.2) is 0 Å². The molecule has 1 unspecified atom stereocenters. The Morgan fingerprint density at radius 1 is 0.765 bits per heavy atom. The van der Waals surface area contributed by atoms with Gasteiger partial charge in [-0.25, -0.2) is 13.2 Å². The van der Waals surface area contributed by atoms with E-state index in [1.54, 1.807) is 36.4 Å². The maximum Gasteiger partial charge on any atom is 0.241 e.